The highest BCUT2D eigenvalue weighted by Gasteiger charge is 2.42. The minimum atomic E-state index is -0.642. The van der Waals surface area contributed by atoms with Crippen molar-refractivity contribution in [3.05, 3.63) is 20.8 Å². The normalized spacial score (nSPS) is 30.8. The Morgan fingerprint density at radius 1 is 1.53 bits per heavy atom. The van der Waals surface area contributed by atoms with Crippen LogP contribution in [0, 0.1) is 22.7 Å². The molecule has 4 heteroatoms. The molecule has 0 spiro atoms. The standard InChI is InChI=1S/C13H16BrNOS/c1-9-4-6-13(8-15,7-5-9)12(16)10-2-3-11(14)17-10/h2-3,9,12,16H,4-7H2,1H3. The van der Waals surface area contributed by atoms with Gasteiger partial charge in [-0.2, -0.15) is 5.26 Å². The number of hydrogen-bond donors (Lipinski definition) is 1. The average molecular weight is 314 g/mol. The molecule has 0 bridgehead atoms. The van der Waals surface area contributed by atoms with Crippen LogP contribution in [-0.2, 0) is 0 Å². The van der Waals surface area contributed by atoms with Crippen LogP contribution in [0.5, 0.6) is 0 Å². The molecule has 0 aliphatic heterocycles. The van der Waals surface area contributed by atoms with Gasteiger partial charge in [0.05, 0.1) is 15.3 Å². The van der Waals surface area contributed by atoms with E-state index in [1.165, 1.54) is 11.3 Å². The van der Waals surface area contributed by atoms with Crippen LogP contribution in [0.25, 0.3) is 0 Å². The lowest BCUT2D eigenvalue weighted by Gasteiger charge is -2.36. The quantitative estimate of drug-likeness (QED) is 0.886. The zero-order chi connectivity index (χ0) is 12.5. The van der Waals surface area contributed by atoms with E-state index in [1.54, 1.807) is 0 Å². The molecule has 1 fully saturated rings. The predicted molar refractivity (Wildman–Crippen MR) is 72.7 cm³/mol. The van der Waals surface area contributed by atoms with Crippen molar-refractivity contribution >= 4 is 27.3 Å². The molecular weight excluding hydrogens is 298 g/mol. The maximum absolute atomic E-state index is 10.5. The first-order valence-corrected chi connectivity index (χ1v) is 7.53. The van der Waals surface area contributed by atoms with E-state index in [0.717, 1.165) is 34.3 Å². The smallest absolute Gasteiger partial charge is 0.107 e. The summed E-state index contributed by atoms with van der Waals surface area (Å²) in [6.07, 6.45) is 3.05. The third kappa shape index (κ3) is 2.57. The summed E-state index contributed by atoms with van der Waals surface area (Å²) < 4.78 is 1.00. The van der Waals surface area contributed by atoms with Crippen molar-refractivity contribution in [1.82, 2.24) is 0 Å². The van der Waals surface area contributed by atoms with Gasteiger partial charge in [0.1, 0.15) is 6.10 Å². The van der Waals surface area contributed by atoms with E-state index in [2.05, 4.69) is 28.9 Å². The predicted octanol–water partition coefficient (Wildman–Crippen LogP) is 4.26. The van der Waals surface area contributed by atoms with Gasteiger partial charge in [0.25, 0.3) is 0 Å². The molecule has 1 atom stereocenters. The SMILES string of the molecule is CC1CCC(C#N)(C(O)c2ccc(Br)s2)CC1. The first-order valence-electron chi connectivity index (χ1n) is 5.92. The summed E-state index contributed by atoms with van der Waals surface area (Å²) in [4.78, 5) is 0.896. The highest BCUT2D eigenvalue weighted by atomic mass is 79.9. The first-order chi connectivity index (χ1) is 8.07. The van der Waals surface area contributed by atoms with Crippen molar-refractivity contribution in [3.8, 4) is 6.07 Å². The lowest BCUT2D eigenvalue weighted by molar-refractivity contribution is 0.0292. The number of aliphatic hydroxyl groups is 1. The van der Waals surface area contributed by atoms with Gasteiger partial charge in [-0.1, -0.05) is 6.92 Å². The summed E-state index contributed by atoms with van der Waals surface area (Å²) in [5, 5.41) is 19.9. The van der Waals surface area contributed by atoms with Crippen LogP contribution in [0.1, 0.15) is 43.6 Å². The van der Waals surface area contributed by atoms with Crippen LogP contribution in [0.2, 0.25) is 0 Å². The lowest BCUT2D eigenvalue weighted by atomic mass is 9.68. The molecule has 1 unspecified atom stereocenters. The van der Waals surface area contributed by atoms with Crippen molar-refractivity contribution in [2.75, 3.05) is 0 Å². The van der Waals surface area contributed by atoms with Gasteiger partial charge in [-0.05, 0) is 59.7 Å². The van der Waals surface area contributed by atoms with E-state index in [-0.39, 0.29) is 0 Å². The molecule has 92 valence electrons. The van der Waals surface area contributed by atoms with Crippen LogP contribution in [0.3, 0.4) is 0 Å². The average Bonchev–Trinajstić information content (AvgIpc) is 2.76. The molecule has 0 aromatic carbocycles. The van der Waals surface area contributed by atoms with E-state index in [4.69, 9.17) is 0 Å². The second kappa shape index (κ2) is 5.09. The lowest BCUT2D eigenvalue weighted by Crippen LogP contribution is -2.31. The number of hydrogen-bond acceptors (Lipinski definition) is 3. The molecule has 1 aromatic heterocycles. The maximum Gasteiger partial charge on any atom is 0.107 e. The first kappa shape index (κ1) is 13.1. The van der Waals surface area contributed by atoms with Crippen molar-refractivity contribution in [3.63, 3.8) is 0 Å². The fourth-order valence-electron chi connectivity index (χ4n) is 2.47. The van der Waals surface area contributed by atoms with Crippen LogP contribution in [0.4, 0.5) is 0 Å². The maximum atomic E-state index is 10.5. The minimum absolute atomic E-state index is 0.573. The molecule has 1 aliphatic rings. The molecular formula is C13H16BrNOS. The zero-order valence-electron chi connectivity index (χ0n) is 9.82. The molecule has 1 saturated carbocycles. The Balaban J connectivity index is 2.21. The number of nitriles is 1. The van der Waals surface area contributed by atoms with Gasteiger partial charge in [0, 0.05) is 4.88 Å². The molecule has 1 aromatic rings. The summed E-state index contributed by atoms with van der Waals surface area (Å²) >= 11 is 4.92. The van der Waals surface area contributed by atoms with Crippen LogP contribution >= 0.6 is 27.3 Å². The third-order valence-corrected chi connectivity index (χ3v) is 5.45. The summed E-state index contributed by atoms with van der Waals surface area (Å²) in [6, 6.07) is 6.23. The Labute approximate surface area is 114 Å². The summed E-state index contributed by atoms with van der Waals surface area (Å²) in [5.41, 5.74) is -0.573. The van der Waals surface area contributed by atoms with Gasteiger partial charge >= 0.3 is 0 Å². The molecule has 2 nitrogen and oxygen atoms in total. The van der Waals surface area contributed by atoms with Gasteiger partial charge in [-0.15, -0.1) is 11.3 Å². The molecule has 1 heterocycles. The highest BCUT2D eigenvalue weighted by molar-refractivity contribution is 9.11. The van der Waals surface area contributed by atoms with Crippen LogP contribution in [0.15, 0.2) is 15.9 Å². The van der Waals surface area contributed by atoms with E-state index in [9.17, 15) is 10.4 Å². The molecule has 0 radical (unpaired) electrons. The third-order valence-electron chi connectivity index (χ3n) is 3.78. The number of rotatable bonds is 2. The van der Waals surface area contributed by atoms with Crippen molar-refractivity contribution in [1.29, 1.82) is 5.26 Å². The Morgan fingerprint density at radius 2 is 2.18 bits per heavy atom. The minimum Gasteiger partial charge on any atom is -0.386 e. The Morgan fingerprint density at radius 3 is 2.65 bits per heavy atom. The van der Waals surface area contributed by atoms with Crippen molar-refractivity contribution < 1.29 is 5.11 Å². The van der Waals surface area contributed by atoms with Gasteiger partial charge in [-0.25, -0.2) is 0 Å². The van der Waals surface area contributed by atoms with Crippen molar-refractivity contribution in [2.24, 2.45) is 11.3 Å². The second-order valence-corrected chi connectivity index (χ2v) is 7.49. The number of thiophene rings is 1. The summed E-state index contributed by atoms with van der Waals surface area (Å²) in [7, 11) is 0. The molecule has 2 rings (SSSR count). The molecule has 17 heavy (non-hydrogen) atoms. The number of aliphatic hydroxyl groups excluding tert-OH is 1. The topological polar surface area (TPSA) is 44.0 Å². The van der Waals surface area contributed by atoms with E-state index in [0.29, 0.717) is 5.92 Å². The van der Waals surface area contributed by atoms with Gasteiger partial charge < -0.3 is 5.11 Å². The Kier molecular flexibility index (Phi) is 3.92. The molecule has 1 N–H and O–H groups in total. The molecule has 0 saturated heterocycles. The fourth-order valence-corrected chi connectivity index (χ4v) is 4.00. The van der Waals surface area contributed by atoms with E-state index in [1.807, 2.05) is 12.1 Å². The highest BCUT2D eigenvalue weighted by Crippen LogP contribution is 2.48. The van der Waals surface area contributed by atoms with E-state index >= 15 is 0 Å². The van der Waals surface area contributed by atoms with Crippen LogP contribution < -0.4 is 0 Å². The zero-order valence-corrected chi connectivity index (χ0v) is 12.2. The Bertz CT molecular complexity index is 429. The van der Waals surface area contributed by atoms with Gasteiger partial charge in [0.2, 0.25) is 0 Å². The number of nitrogens with zero attached hydrogens (tertiary/aromatic N) is 1. The summed E-state index contributed by atoms with van der Waals surface area (Å²) in [5.74, 6) is 0.679. The van der Waals surface area contributed by atoms with Gasteiger partial charge in [0.15, 0.2) is 0 Å². The molecule has 1 aliphatic carbocycles. The molecule has 0 amide bonds. The second-order valence-electron chi connectivity index (χ2n) is 4.99. The van der Waals surface area contributed by atoms with Crippen LogP contribution in [-0.4, -0.2) is 5.11 Å². The van der Waals surface area contributed by atoms with Gasteiger partial charge in [-0.3, -0.25) is 0 Å². The Hall–Kier alpha value is -0.370. The monoisotopic (exact) mass is 313 g/mol. The number of halogens is 1. The largest absolute Gasteiger partial charge is 0.386 e. The fraction of sp³-hybridized carbons (Fsp3) is 0.615. The summed E-state index contributed by atoms with van der Waals surface area (Å²) in [6.45, 7) is 2.22. The van der Waals surface area contributed by atoms with E-state index < -0.39 is 11.5 Å². The van der Waals surface area contributed by atoms with Crippen molar-refractivity contribution in [2.45, 2.75) is 38.7 Å².